The van der Waals surface area contributed by atoms with Crippen molar-refractivity contribution in [3.8, 4) is 11.5 Å². The SMILES string of the molecule is CCOc1ccc(C(=O)N2CCC(N3C(=O)COC3=O)CC2)cc1OCC. The van der Waals surface area contributed by atoms with E-state index in [0.717, 1.165) is 0 Å². The van der Waals surface area contributed by atoms with Gasteiger partial charge in [-0.25, -0.2) is 9.69 Å². The quantitative estimate of drug-likeness (QED) is 0.756. The van der Waals surface area contributed by atoms with Crippen molar-refractivity contribution in [2.45, 2.75) is 32.7 Å². The molecule has 146 valence electrons. The van der Waals surface area contributed by atoms with Gasteiger partial charge < -0.3 is 19.1 Å². The molecule has 1 aromatic carbocycles. The molecule has 27 heavy (non-hydrogen) atoms. The number of piperidine rings is 1. The number of hydrogen-bond donors (Lipinski definition) is 0. The van der Waals surface area contributed by atoms with Gasteiger partial charge in [0.15, 0.2) is 18.1 Å². The Bertz CT molecular complexity index is 711. The molecule has 0 N–H and O–H groups in total. The smallest absolute Gasteiger partial charge is 0.417 e. The molecule has 2 aliphatic heterocycles. The van der Waals surface area contributed by atoms with Crippen molar-refractivity contribution in [3.63, 3.8) is 0 Å². The number of cyclic esters (lactones) is 1. The predicted octanol–water partition coefficient (Wildman–Crippen LogP) is 2.07. The first-order valence-corrected chi connectivity index (χ1v) is 9.22. The molecular formula is C19H24N2O6. The lowest BCUT2D eigenvalue weighted by atomic mass is 10.0. The van der Waals surface area contributed by atoms with Crippen molar-refractivity contribution >= 4 is 17.9 Å². The van der Waals surface area contributed by atoms with Gasteiger partial charge in [-0.3, -0.25) is 9.59 Å². The molecule has 8 heteroatoms. The summed E-state index contributed by atoms with van der Waals surface area (Å²) < 4.78 is 15.9. The van der Waals surface area contributed by atoms with Gasteiger partial charge in [-0.05, 0) is 44.9 Å². The third-order valence-electron chi connectivity index (χ3n) is 4.69. The van der Waals surface area contributed by atoms with Gasteiger partial charge in [-0.2, -0.15) is 0 Å². The maximum Gasteiger partial charge on any atom is 0.417 e. The van der Waals surface area contributed by atoms with Gasteiger partial charge in [0, 0.05) is 24.7 Å². The summed E-state index contributed by atoms with van der Waals surface area (Å²) in [5.41, 5.74) is 0.525. The monoisotopic (exact) mass is 376 g/mol. The van der Waals surface area contributed by atoms with E-state index in [9.17, 15) is 14.4 Å². The Labute approximate surface area is 158 Å². The topological polar surface area (TPSA) is 85.4 Å². The van der Waals surface area contributed by atoms with Crippen molar-refractivity contribution in [1.29, 1.82) is 0 Å². The van der Waals surface area contributed by atoms with Gasteiger partial charge in [-0.15, -0.1) is 0 Å². The van der Waals surface area contributed by atoms with Crippen LogP contribution >= 0.6 is 0 Å². The summed E-state index contributed by atoms with van der Waals surface area (Å²) in [7, 11) is 0. The van der Waals surface area contributed by atoms with E-state index in [2.05, 4.69) is 0 Å². The Morgan fingerprint density at radius 2 is 1.78 bits per heavy atom. The van der Waals surface area contributed by atoms with E-state index >= 15 is 0 Å². The van der Waals surface area contributed by atoms with E-state index in [1.54, 1.807) is 23.1 Å². The number of rotatable bonds is 6. The molecule has 0 saturated carbocycles. The van der Waals surface area contributed by atoms with Gasteiger partial charge >= 0.3 is 6.09 Å². The molecule has 0 aromatic heterocycles. The molecule has 0 atom stereocenters. The second-order valence-electron chi connectivity index (χ2n) is 6.37. The molecule has 0 radical (unpaired) electrons. The number of amides is 3. The molecule has 2 fully saturated rings. The fraction of sp³-hybridized carbons (Fsp3) is 0.526. The maximum atomic E-state index is 12.8. The number of ether oxygens (including phenoxy) is 3. The van der Waals surface area contributed by atoms with Crippen LogP contribution in [0.2, 0.25) is 0 Å². The van der Waals surface area contributed by atoms with Crippen LogP contribution in [0.3, 0.4) is 0 Å². The van der Waals surface area contributed by atoms with E-state index in [4.69, 9.17) is 14.2 Å². The van der Waals surface area contributed by atoms with Crippen molar-refractivity contribution in [1.82, 2.24) is 9.80 Å². The average Bonchev–Trinajstić information content (AvgIpc) is 3.01. The first-order valence-electron chi connectivity index (χ1n) is 9.22. The van der Waals surface area contributed by atoms with E-state index in [-0.39, 0.29) is 24.5 Å². The summed E-state index contributed by atoms with van der Waals surface area (Å²) in [6.07, 6.45) is 0.502. The van der Waals surface area contributed by atoms with Gasteiger partial charge in [0.05, 0.1) is 13.2 Å². The second kappa shape index (κ2) is 8.28. The van der Waals surface area contributed by atoms with Crippen LogP contribution in [0.25, 0.3) is 0 Å². The molecular weight excluding hydrogens is 352 g/mol. The lowest BCUT2D eigenvalue weighted by molar-refractivity contribution is -0.127. The second-order valence-corrected chi connectivity index (χ2v) is 6.37. The first kappa shape index (κ1) is 19.0. The normalized spacial score (nSPS) is 17.9. The number of hydrogen-bond acceptors (Lipinski definition) is 6. The number of imide groups is 1. The first-order chi connectivity index (χ1) is 13.0. The van der Waals surface area contributed by atoms with Gasteiger partial charge in [0.1, 0.15) is 0 Å². The van der Waals surface area contributed by atoms with E-state index in [0.29, 0.717) is 56.2 Å². The maximum absolute atomic E-state index is 12.8. The Kier molecular flexibility index (Phi) is 5.83. The summed E-state index contributed by atoms with van der Waals surface area (Å²) in [5.74, 6) is 0.747. The number of nitrogens with zero attached hydrogens (tertiary/aromatic N) is 2. The molecule has 3 rings (SSSR count). The zero-order valence-electron chi connectivity index (χ0n) is 15.6. The number of carbonyl (C=O) groups is 3. The third kappa shape index (κ3) is 3.99. The van der Waals surface area contributed by atoms with E-state index < -0.39 is 6.09 Å². The molecule has 0 aliphatic carbocycles. The molecule has 2 heterocycles. The predicted molar refractivity (Wildman–Crippen MR) is 95.9 cm³/mol. The molecule has 2 aliphatic rings. The van der Waals surface area contributed by atoms with Gasteiger partial charge in [0.2, 0.25) is 0 Å². The number of carbonyl (C=O) groups excluding carboxylic acids is 3. The van der Waals surface area contributed by atoms with E-state index in [1.165, 1.54) is 4.90 Å². The summed E-state index contributed by atoms with van der Waals surface area (Å²) >= 11 is 0. The zero-order chi connectivity index (χ0) is 19.4. The van der Waals surface area contributed by atoms with Crippen molar-refractivity contribution in [3.05, 3.63) is 23.8 Å². The van der Waals surface area contributed by atoms with Crippen LogP contribution in [-0.2, 0) is 9.53 Å². The van der Waals surface area contributed by atoms with E-state index in [1.807, 2.05) is 13.8 Å². The highest BCUT2D eigenvalue weighted by Gasteiger charge is 2.39. The summed E-state index contributed by atoms with van der Waals surface area (Å²) in [6, 6.07) is 4.96. The van der Waals surface area contributed by atoms with Gasteiger partial charge in [-0.1, -0.05) is 0 Å². The minimum atomic E-state index is -0.586. The standard InChI is InChI=1S/C19H24N2O6/c1-3-25-15-6-5-13(11-16(15)26-4-2)18(23)20-9-7-14(8-10-20)21-17(22)12-27-19(21)24/h5-6,11,14H,3-4,7-10,12H2,1-2H3. The fourth-order valence-electron chi connectivity index (χ4n) is 3.41. The van der Waals surface area contributed by atoms with Crippen molar-refractivity contribution < 1.29 is 28.6 Å². The summed E-state index contributed by atoms with van der Waals surface area (Å²) in [5, 5.41) is 0. The summed E-state index contributed by atoms with van der Waals surface area (Å²) in [6.45, 7) is 5.50. The van der Waals surface area contributed by atoms with Crippen LogP contribution in [0.4, 0.5) is 4.79 Å². The average molecular weight is 376 g/mol. The Morgan fingerprint density at radius 3 is 2.37 bits per heavy atom. The molecule has 3 amide bonds. The molecule has 0 spiro atoms. The van der Waals surface area contributed by atoms with Crippen LogP contribution in [0.15, 0.2) is 18.2 Å². The Balaban J connectivity index is 1.66. The van der Waals surface area contributed by atoms with Crippen LogP contribution in [0, 0.1) is 0 Å². The molecule has 0 bridgehead atoms. The lowest BCUT2D eigenvalue weighted by Crippen LogP contribution is -2.48. The largest absolute Gasteiger partial charge is 0.490 e. The highest BCUT2D eigenvalue weighted by Crippen LogP contribution is 2.30. The molecule has 2 saturated heterocycles. The molecule has 1 aromatic rings. The minimum Gasteiger partial charge on any atom is -0.490 e. The number of likely N-dealkylation sites (tertiary alicyclic amines) is 1. The molecule has 8 nitrogen and oxygen atoms in total. The summed E-state index contributed by atoms with van der Waals surface area (Å²) in [4.78, 5) is 39.2. The third-order valence-corrected chi connectivity index (χ3v) is 4.69. The Morgan fingerprint density at radius 1 is 1.11 bits per heavy atom. The Hall–Kier alpha value is -2.77. The highest BCUT2D eigenvalue weighted by molar-refractivity contribution is 5.98. The fourth-order valence-corrected chi connectivity index (χ4v) is 3.41. The van der Waals surface area contributed by atoms with Crippen LogP contribution in [0.1, 0.15) is 37.0 Å². The van der Waals surface area contributed by atoms with Crippen molar-refractivity contribution in [2.24, 2.45) is 0 Å². The zero-order valence-corrected chi connectivity index (χ0v) is 15.6. The van der Waals surface area contributed by atoms with Crippen LogP contribution < -0.4 is 9.47 Å². The van der Waals surface area contributed by atoms with Crippen molar-refractivity contribution in [2.75, 3.05) is 32.9 Å². The van der Waals surface area contributed by atoms with Crippen LogP contribution in [-0.4, -0.2) is 66.7 Å². The highest BCUT2D eigenvalue weighted by atomic mass is 16.6. The lowest BCUT2D eigenvalue weighted by Gasteiger charge is -2.34. The number of benzene rings is 1. The minimum absolute atomic E-state index is 0.104. The van der Waals surface area contributed by atoms with Crippen LogP contribution in [0.5, 0.6) is 11.5 Å². The molecule has 0 unspecified atom stereocenters. The van der Waals surface area contributed by atoms with Gasteiger partial charge in [0.25, 0.3) is 11.8 Å².